The van der Waals surface area contributed by atoms with Gasteiger partial charge in [-0.05, 0) is 19.3 Å². The zero-order valence-electron chi connectivity index (χ0n) is 33.7. The topological polar surface area (TPSA) is 105 Å². The molecule has 0 aliphatic rings. The quantitative estimate of drug-likeness (QED) is 0.0253. The fourth-order valence-corrected chi connectivity index (χ4v) is 6.81. The molecule has 0 radical (unpaired) electrons. The Morgan fingerprint density at radius 3 is 1.46 bits per heavy atom. The molecule has 3 atom stereocenters. The number of phosphoric acid groups is 1. The normalized spacial score (nSPS) is 14.6. The Morgan fingerprint density at radius 1 is 0.660 bits per heavy atom. The Balaban J connectivity index is 3.88. The SMILES string of the molecule is CCCCCCCCCCCCCCCCCCCCCCCCCC/C=C/C(O)C(COP(=O)(O)OCC[N+](C)(C)C)NC(=O)CCCC. The molecular formula is C41H84N2O6P+. The number of carbonyl (C=O) groups is 1. The lowest BCUT2D eigenvalue weighted by Crippen LogP contribution is -2.45. The van der Waals surface area contributed by atoms with Crippen LogP contribution in [0.25, 0.3) is 0 Å². The van der Waals surface area contributed by atoms with Crippen molar-refractivity contribution in [2.45, 2.75) is 206 Å². The summed E-state index contributed by atoms with van der Waals surface area (Å²) in [5, 5.41) is 13.5. The lowest BCUT2D eigenvalue weighted by molar-refractivity contribution is -0.870. The van der Waals surface area contributed by atoms with Gasteiger partial charge in [-0.1, -0.05) is 180 Å². The van der Waals surface area contributed by atoms with Crippen LogP contribution in [0.4, 0.5) is 0 Å². The maximum Gasteiger partial charge on any atom is 0.472 e. The van der Waals surface area contributed by atoms with Gasteiger partial charge in [-0.15, -0.1) is 0 Å². The second-order valence-electron chi connectivity index (χ2n) is 15.7. The molecule has 1 amide bonds. The fourth-order valence-electron chi connectivity index (χ4n) is 6.08. The second-order valence-corrected chi connectivity index (χ2v) is 17.2. The number of hydrogen-bond donors (Lipinski definition) is 3. The van der Waals surface area contributed by atoms with Gasteiger partial charge in [-0.2, -0.15) is 0 Å². The van der Waals surface area contributed by atoms with Gasteiger partial charge in [0.1, 0.15) is 13.2 Å². The van der Waals surface area contributed by atoms with Gasteiger partial charge in [-0.25, -0.2) is 4.57 Å². The molecule has 0 aromatic heterocycles. The van der Waals surface area contributed by atoms with E-state index in [2.05, 4.69) is 12.2 Å². The van der Waals surface area contributed by atoms with E-state index in [1.54, 1.807) is 6.08 Å². The summed E-state index contributed by atoms with van der Waals surface area (Å²) in [6, 6.07) is -0.836. The molecule has 0 bridgehead atoms. The van der Waals surface area contributed by atoms with E-state index < -0.39 is 20.0 Å². The smallest absolute Gasteiger partial charge is 0.387 e. The van der Waals surface area contributed by atoms with Crippen LogP contribution in [0.5, 0.6) is 0 Å². The first-order chi connectivity index (χ1) is 24.0. The highest BCUT2D eigenvalue weighted by Crippen LogP contribution is 2.43. The zero-order chi connectivity index (χ0) is 37.2. The maximum absolute atomic E-state index is 12.4. The number of aliphatic hydroxyl groups is 1. The average molecular weight is 732 g/mol. The first-order valence-electron chi connectivity index (χ1n) is 21.1. The van der Waals surface area contributed by atoms with Crippen LogP contribution < -0.4 is 5.32 Å². The van der Waals surface area contributed by atoms with Crippen LogP contribution in [0, 0.1) is 0 Å². The van der Waals surface area contributed by atoms with Crippen molar-refractivity contribution in [2.75, 3.05) is 40.9 Å². The van der Waals surface area contributed by atoms with E-state index in [1.165, 1.54) is 141 Å². The molecule has 0 spiro atoms. The molecule has 0 saturated heterocycles. The summed E-state index contributed by atoms with van der Waals surface area (Å²) in [5.41, 5.74) is 0. The van der Waals surface area contributed by atoms with Crippen molar-refractivity contribution in [1.82, 2.24) is 5.32 Å². The van der Waals surface area contributed by atoms with Crippen LogP contribution in [0.15, 0.2) is 12.2 Å². The summed E-state index contributed by atoms with van der Waals surface area (Å²) < 4.78 is 23.2. The van der Waals surface area contributed by atoms with Crippen LogP contribution in [-0.4, -0.2) is 73.4 Å². The summed E-state index contributed by atoms with van der Waals surface area (Å²) in [4.78, 5) is 22.4. The standard InChI is InChI=1S/C41H83N2O6P/c1-6-8-10-11-12-13-14-15-16-17-18-19-20-21-22-23-24-25-26-27-28-29-30-31-32-33-34-40(44)39(42-41(45)35-9-7-2)38-49-50(46,47)48-37-36-43(3,4)5/h33-34,39-40,44H,6-32,35-38H2,1-5H3,(H-,42,45,46,47)/p+1/b34-33+. The van der Waals surface area contributed by atoms with E-state index in [0.717, 1.165) is 32.1 Å². The van der Waals surface area contributed by atoms with Crippen LogP contribution in [0.3, 0.4) is 0 Å². The number of hydrogen-bond acceptors (Lipinski definition) is 5. The molecule has 0 aromatic carbocycles. The first-order valence-corrected chi connectivity index (χ1v) is 22.6. The van der Waals surface area contributed by atoms with Gasteiger partial charge in [0, 0.05) is 6.42 Å². The van der Waals surface area contributed by atoms with Gasteiger partial charge in [-0.3, -0.25) is 13.8 Å². The van der Waals surface area contributed by atoms with Crippen LogP contribution >= 0.6 is 7.82 Å². The van der Waals surface area contributed by atoms with Gasteiger partial charge >= 0.3 is 7.82 Å². The number of amides is 1. The first kappa shape index (κ1) is 49.2. The van der Waals surface area contributed by atoms with Crippen molar-refractivity contribution in [2.24, 2.45) is 0 Å². The third-order valence-corrected chi connectivity index (χ3v) is 10.5. The fraction of sp³-hybridized carbons (Fsp3) is 0.927. The Morgan fingerprint density at radius 2 is 1.06 bits per heavy atom. The molecule has 298 valence electrons. The number of rotatable bonds is 38. The summed E-state index contributed by atoms with van der Waals surface area (Å²) in [6.07, 6.45) is 38.4. The molecule has 3 unspecified atom stereocenters. The van der Waals surface area contributed by atoms with Crippen molar-refractivity contribution in [3.63, 3.8) is 0 Å². The van der Waals surface area contributed by atoms with E-state index in [4.69, 9.17) is 9.05 Å². The Hall–Kier alpha value is -0.760. The Kier molecular flexibility index (Phi) is 33.5. The minimum absolute atomic E-state index is 0.0623. The third-order valence-electron chi connectivity index (χ3n) is 9.51. The van der Waals surface area contributed by atoms with E-state index >= 15 is 0 Å². The number of nitrogens with one attached hydrogen (secondary N) is 1. The molecule has 50 heavy (non-hydrogen) atoms. The maximum atomic E-state index is 12.4. The molecular weight excluding hydrogens is 647 g/mol. The van der Waals surface area contributed by atoms with E-state index in [9.17, 15) is 19.4 Å². The minimum Gasteiger partial charge on any atom is -0.387 e. The van der Waals surface area contributed by atoms with Crippen LogP contribution in [-0.2, 0) is 18.4 Å². The number of likely N-dealkylation sites (N-methyl/N-ethyl adjacent to an activating group) is 1. The number of allylic oxidation sites excluding steroid dienone is 1. The van der Waals surface area contributed by atoms with Crippen molar-refractivity contribution in [3.8, 4) is 0 Å². The second kappa shape index (κ2) is 34.0. The van der Waals surface area contributed by atoms with Crippen molar-refractivity contribution in [1.29, 1.82) is 0 Å². The highest BCUT2D eigenvalue weighted by Gasteiger charge is 2.27. The number of quaternary nitrogens is 1. The molecule has 9 heteroatoms. The van der Waals surface area contributed by atoms with Crippen molar-refractivity contribution >= 4 is 13.7 Å². The molecule has 0 aliphatic heterocycles. The average Bonchev–Trinajstić information content (AvgIpc) is 3.06. The van der Waals surface area contributed by atoms with Crippen molar-refractivity contribution < 1.29 is 32.9 Å². The van der Waals surface area contributed by atoms with Crippen LogP contribution in [0.2, 0.25) is 0 Å². The Bertz CT molecular complexity index is 834. The predicted molar refractivity (Wildman–Crippen MR) is 212 cm³/mol. The van der Waals surface area contributed by atoms with E-state index in [-0.39, 0.29) is 19.1 Å². The molecule has 8 nitrogen and oxygen atoms in total. The van der Waals surface area contributed by atoms with Crippen molar-refractivity contribution in [3.05, 3.63) is 12.2 Å². The summed E-state index contributed by atoms with van der Waals surface area (Å²) in [6.45, 7) is 4.58. The molecule has 0 fully saturated rings. The summed E-state index contributed by atoms with van der Waals surface area (Å²) in [7, 11) is 1.57. The van der Waals surface area contributed by atoms with E-state index in [1.807, 2.05) is 34.1 Å². The largest absolute Gasteiger partial charge is 0.472 e. The zero-order valence-corrected chi connectivity index (χ0v) is 34.5. The molecule has 0 rings (SSSR count). The summed E-state index contributed by atoms with van der Waals surface area (Å²) >= 11 is 0. The number of aliphatic hydroxyl groups excluding tert-OH is 1. The monoisotopic (exact) mass is 732 g/mol. The number of carbonyl (C=O) groups excluding carboxylic acids is 1. The highest BCUT2D eigenvalue weighted by atomic mass is 31.2. The van der Waals surface area contributed by atoms with E-state index in [0.29, 0.717) is 17.4 Å². The van der Waals surface area contributed by atoms with Gasteiger partial charge in [0.2, 0.25) is 5.91 Å². The molecule has 0 aliphatic carbocycles. The van der Waals surface area contributed by atoms with Gasteiger partial charge in [0.25, 0.3) is 0 Å². The van der Waals surface area contributed by atoms with Gasteiger partial charge in [0.05, 0.1) is 39.9 Å². The Labute approximate surface area is 310 Å². The number of nitrogens with zero attached hydrogens (tertiary/aromatic N) is 1. The molecule has 0 saturated carbocycles. The van der Waals surface area contributed by atoms with Gasteiger partial charge in [0.15, 0.2) is 0 Å². The summed E-state index contributed by atoms with van der Waals surface area (Å²) in [5.74, 6) is -0.211. The molecule has 0 aromatic rings. The number of unbranched alkanes of at least 4 members (excludes halogenated alkanes) is 25. The highest BCUT2D eigenvalue weighted by molar-refractivity contribution is 7.47. The van der Waals surface area contributed by atoms with Gasteiger partial charge < -0.3 is 19.8 Å². The molecule has 3 N–H and O–H groups in total. The predicted octanol–water partition coefficient (Wildman–Crippen LogP) is 11.2. The number of phosphoric ester groups is 1. The lowest BCUT2D eigenvalue weighted by atomic mass is 10.0. The third kappa shape index (κ3) is 35.6. The molecule has 0 heterocycles. The lowest BCUT2D eigenvalue weighted by Gasteiger charge is -2.25. The minimum atomic E-state index is -4.31. The van der Waals surface area contributed by atoms with Crippen LogP contribution in [0.1, 0.15) is 194 Å².